The van der Waals surface area contributed by atoms with Crippen molar-refractivity contribution in [3.8, 4) is 0 Å². The third-order valence-corrected chi connectivity index (χ3v) is 6.27. The Morgan fingerprint density at radius 3 is 1.73 bits per heavy atom. The van der Waals surface area contributed by atoms with Crippen LogP contribution in [0.25, 0.3) is 0 Å². The van der Waals surface area contributed by atoms with Crippen molar-refractivity contribution in [1.82, 2.24) is 0 Å². The maximum absolute atomic E-state index is 11.5. The van der Waals surface area contributed by atoms with Crippen molar-refractivity contribution in [3.05, 3.63) is 0 Å². The zero-order valence-corrected chi connectivity index (χ0v) is 18.5. The third-order valence-electron chi connectivity index (χ3n) is 3.32. The van der Waals surface area contributed by atoms with E-state index in [9.17, 15) is 4.79 Å². The summed E-state index contributed by atoms with van der Waals surface area (Å²) in [4.78, 5) is 11.5. The Morgan fingerprint density at radius 2 is 1.32 bits per heavy atom. The highest BCUT2D eigenvalue weighted by Gasteiger charge is 2.25. The van der Waals surface area contributed by atoms with Crippen molar-refractivity contribution >= 4 is 61.1 Å². The zero-order valence-electron chi connectivity index (χ0n) is 13.6. The number of esters is 1. The third kappa shape index (κ3) is 15.9. The molecule has 0 rings (SSSR count). The van der Waals surface area contributed by atoms with Gasteiger partial charge in [0.15, 0.2) is 0 Å². The maximum Gasteiger partial charge on any atom is 0.341 e. The Morgan fingerprint density at radius 1 is 0.909 bits per heavy atom. The number of hydrogen-bond donors (Lipinski definition) is 0. The minimum absolute atomic E-state index is 0.189. The molecular formula is C15H28BrCl3O2Si. The number of carbonyl (C=O) groups excluding carboxylic acids is 1. The van der Waals surface area contributed by atoms with Gasteiger partial charge < -0.3 is 4.74 Å². The molecule has 0 radical (unpaired) electrons. The molecule has 0 bridgehead atoms. The van der Waals surface area contributed by atoms with Crippen LogP contribution in [0.5, 0.6) is 0 Å². The van der Waals surface area contributed by atoms with E-state index in [0.717, 1.165) is 25.3 Å². The second-order valence-corrected chi connectivity index (χ2v) is 17.4. The SMILES string of the molecule is CC(C)(Br)C(=O)OCCCCCCCCCCC[Si](Cl)(Cl)Cl. The molecule has 0 fully saturated rings. The number of rotatable bonds is 13. The molecule has 0 aromatic carbocycles. The van der Waals surface area contributed by atoms with Gasteiger partial charge in [0.2, 0.25) is 0 Å². The summed E-state index contributed by atoms with van der Waals surface area (Å²) in [6.45, 7) is 4.12. The Labute approximate surface area is 158 Å². The zero-order chi connectivity index (χ0) is 17.1. The minimum atomic E-state index is -2.39. The number of alkyl halides is 1. The second-order valence-electron chi connectivity index (χ2n) is 6.16. The standard InChI is InChI=1S/C15H28BrCl3O2Si/c1-15(2,16)14(20)21-12-10-8-6-4-3-5-7-9-11-13-22(17,18)19/h3-13H2,1-2H3. The van der Waals surface area contributed by atoms with E-state index >= 15 is 0 Å². The summed E-state index contributed by atoms with van der Waals surface area (Å²) in [5.41, 5.74) is 0. The van der Waals surface area contributed by atoms with E-state index in [-0.39, 0.29) is 5.97 Å². The van der Waals surface area contributed by atoms with Crippen LogP contribution >= 0.6 is 49.2 Å². The first-order chi connectivity index (χ1) is 10.1. The highest BCUT2D eigenvalue weighted by molar-refractivity contribution is 9.10. The van der Waals surface area contributed by atoms with Crippen LogP contribution in [0.3, 0.4) is 0 Å². The average molecular weight is 455 g/mol. The summed E-state index contributed by atoms with van der Waals surface area (Å²) in [7, 11) is 0. The molecule has 7 heteroatoms. The lowest BCUT2D eigenvalue weighted by atomic mass is 10.1. The normalized spacial score (nSPS) is 12.5. The van der Waals surface area contributed by atoms with Gasteiger partial charge in [-0.3, -0.25) is 4.79 Å². The lowest BCUT2D eigenvalue weighted by molar-refractivity contribution is -0.145. The van der Waals surface area contributed by atoms with E-state index in [4.69, 9.17) is 38.0 Å². The van der Waals surface area contributed by atoms with E-state index in [1.54, 1.807) is 13.8 Å². The molecular weight excluding hydrogens is 427 g/mol. The van der Waals surface area contributed by atoms with Crippen molar-refractivity contribution < 1.29 is 9.53 Å². The fourth-order valence-electron chi connectivity index (χ4n) is 2.00. The summed E-state index contributed by atoms with van der Waals surface area (Å²) < 4.78 is 4.61. The first kappa shape index (κ1) is 23.0. The van der Waals surface area contributed by atoms with Crippen LogP contribution in [0.4, 0.5) is 0 Å². The number of halogens is 4. The number of carbonyl (C=O) groups is 1. The van der Waals surface area contributed by atoms with Gasteiger partial charge in [0.1, 0.15) is 4.32 Å². The number of ether oxygens (including phenoxy) is 1. The van der Waals surface area contributed by atoms with Crippen molar-refractivity contribution in [2.45, 2.75) is 82.0 Å². The lowest BCUT2D eigenvalue weighted by Crippen LogP contribution is -2.26. The molecule has 0 amide bonds. The van der Waals surface area contributed by atoms with Crippen LogP contribution in [-0.4, -0.2) is 22.9 Å². The molecule has 0 aromatic rings. The molecule has 0 aromatic heterocycles. The molecule has 0 atom stereocenters. The van der Waals surface area contributed by atoms with Crippen LogP contribution in [0.15, 0.2) is 0 Å². The fraction of sp³-hybridized carbons (Fsp3) is 0.933. The van der Waals surface area contributed by atoms with Crippen molar-refractivity contribution in [1.29, 1.82) is 0 Å². The largest absolute Gasteiger partial charge is 0.465 e. The summed E-state index contributed by atoms with van der Waals surface area (Å²) in [6, 6.07) is -1.61. The monoisotopic (exact) mass is 452 g/mol. The molecule has 0 spiro atoms. The Hall–Kier alpha value is 1.04. The minimum Gasteiger partial charge on any atom is -0.465 e. The molecule has 0 heterocycles. The maximum atomic E-state index is 11.5. The molecule has 0 N–H and O–H groups in total. The fourth-order valence-corrected chi connectivity index (χ4v) is 3.97. The van der Waals surface area contributed by atoms with E-state index in [1.807, 2.05) is 0 Å². The summed E-state index contributed by atoms with van der Waals surface area (Å²) in [6.07, 6.45) is 10.5. The molecule has 22 heavy (non-hydrogen) atoms. The highest BCUT2D eigenvalue weighted by Crippen LogP contribution is 2.27. The molecule has 0 unspecified atom stereocenters. The Balaban J connectivity index is 3.23. The highest BCUT2D eigenvalue weighted by atomic mass is 79.9. The molecule has 0 aliphatic carbocycles. The summed E-state index contributed by atoms with van der Waals surface area (Å²) in [5, 5.41) is 0. The van der Waals surface area contributed by atoms with E-state index < -0.39 is 10.3 Å². The van der Waals surface area contributed by atoms with Gasteiger partial charge >= 0.3 is 12.0 Å². The first-order valence-corrected chi connectivity index (χ1v) is 14.1. The van der Waals surface area contributed by atoms with Crippen LogP contribution in [0.2, 0.25) is 6.04 Å². The molecule has 132 valence electrons. The number of unbranched alkanes of at least 4 members (excludes halogenated alkanes) is 8. The molecule has 0 saturated heterocycles. The predicted molar refractivity (Wildman–Crippen MR) is 104 cm³/mol. The molecule has 0 aliphatic heterocycles. The van der Waals surface area contributed by atoms with Crippen LogP contribution in [0, 0.1) is 0 Å². The van der Waals surface area contributed by atoms with Gasteiger partial charge in [-0.15, -0.1) is 33.2 Å². The molecule has 0 saturated carbocycles. The molecule has 0 aliphatic rings. The lowest BCUT2D eigenvalue weighted by Gasteiger charge is -2.14. The Kier molecular flexibility index (Phi) is 13.0. The van der Waals surface area contributed by atoms with Gasteiger partial charge in [-0.25, -0.2) is 0 Å². The van der Waals surface area contributed by atoms with Gasteiger partial charge in [-0.2, -0.15) is 0 Å². The first-order valence-electron chi connectivity index (χ1n) is 8.06. The van der Waals surface area contributed by atoms with Crippen LogP contribution < -0.4 is 0 Å². The molecule has 2 nitrogen and oxygen atoms in total. The summed E-state index contributed by atoms with van der Waals surface area (Å²) in [5.74, 6) is -0.189. The van der Waals surface area contributed by atoms with Gasteiger partial charge in [0, 0.05) is 0 Å². The predicted octanol–water partition coefficient (Wildman–Crippen LogP) is 6.87. The van der Waals surface area contributed by atoms with Crippen molar-refractivity contribution in [2.75, 3.05) is 6.61 Å². The van der Waals surface area contributed by atoms with Crippen molar-refractivity contribution in [2.24, 2.45) is 0 Å². The van der Waals surface area contributed by atoms with Gasteiger partial charge in [-0.05, 0) is 26.3 Å². The quantitative estimate of drug-likeness (QED) is 0.0998. The Bertz CT molecular complexity index is 304. The topological polar surface area (TPSA) is 26.3 Å². The number of hydrogen-bond acceptors (Lipinski definition) is 2. The van der Waals surface area contributed by atoms with E-state index in [2.05, 4.69) is 15.9 Å². The summed E-state index contributed by atoms with van der Waals surface area (Å²) >= 11 is 20.8. The van der Waals surface area contributed by atoms with Gasteiger partial charge in [0.05, 0.1) is 6.61 Å². The van der Waals surface area contributed by atoms with Crippen LogP contribution in [0.1, 0.15) is 71.6 Å². The van der Waals surface area contributed by atoms with Crippen molar-refractivity contribution in [3.63, 3.8) is 0 Å². The van der Waals surface area contributed by atoms with Crippen LogP contribution in [-0.2, 0) is 9.53 Å². The smallest absolute Gasteiger partial charge is 0.341 e. The van der Waals surface area contributed by atoms with E-state index in [1.165, 1.54) is 38.5 Å². The van der Waals surface area contributed by atoms with E-state index in [0.29, 0.717) is 6.61 Å². The average Bonchev–Trinajstić information content (AvgIpc) is 2.37. The van der Waals surface area contributed by atoms with Gasteiger partial charge in [-0.1, -0.05) is 67.3 Å². The second kappa shape index (κ2) is 12.4. The van der Waals surface area contributed by atoms with Gasteiger partial charge in [0.25, 0.3) is 0 Å².